The van der Waals surface area contributed by atoms with E-state index in [0.29, 0.717) is 18.3 Å². The molecule has 0 radical (unpaired) electrons. The van der Waals surface area contributed by atoms with E-state index in [0.717, 1.165) is 12.8 Å². The maximum Gasteiger partial charge on any atom is 0.169 e. The van der Waals surface area contributed by atoms with E-state index in [1.165, 1.54) is 6.20 Å². The number of rotatable bonds is 4. The van der Waals surface area contributed by atoms with Gasteiger partial charge in [0.25, 0.3) is 0 Å². The molecule has 2 rings (SSSR count). The molecule has 0 atom stereocenters. The van der Waals surface area contributed by atoms with Gasteiger partial charge in [-0.15, -0.1) is 0 Å². The Morgan fingerprint density at radius 2 is 2.14 bits per heavy atom. The van der Waals surface area contributed by atoms with Crippen molar-refractivity contribution in [3.63, 3.8) is 0 Å². The van der Waals surface area contributed by atoms with Gasteiger partial charge in [-0.1, -0.05) is 0 Å². The molecule has 1 aliphatic rings. The number of ether oxygens (including phenoxy) is 1. The lowest BCUT2D eigenvalue weighted by atomic mass is 10.2. The van der Waals surface area contributed by atoms with Crippen LogP contribution in [0.4, 0.5) is 0 Å². The summed E-state index contributed by atoms with van der Waals surface area (Å²) in [6.07, 6.45) is 4.86. The minimum Gasteiger partial charge on any atom is -0.490 e. The van der Waals surface area contributed by atoms with E-state index in [-0.39, 0.29) is 17.4 Å². The van der Waals surface area contributed by atoms with Gasteiger partial charge in [-0.05, 0) is 18.9 Å². The second-order valence-electron chi connectivity index (χ2n) is 3.16. The van der Waals surface area contributed by atoms with Gasteiger partial charge in [0.05, 0.1) is 11.7 Å². The molecule has 1 aliphatic carbocycles. The fourth-order valence-corrected chi connectivity index (χ4v) is 1.15. The summed E-state index contributed by atoms with van der Waals surface area (Å²) < 4.78 is 5.46. The highest BCUT2D eigenvalue weighted by Gasteiger charge is 2.25. The van der Waals surface area contributed by atoms with Crippen molar-refractivity contribution in [1.29, 1.82) is 0 Å². The maximum atomic E-state index is 10.7. The van der Waals surface area contributed by atoms with Crippen LogP contribution >= 0.6 is 0 Å². The second-order valence-corrected chi connectivity index (χ2v) is 3.16. The first-order valence-electron chi connectivity index (χ1n) is 4.41. The summed E-state index contributed by atoms with van der Waals surface area (Å²) in [4.78, 5) is 25.1. The molecule has 0 unspecified atom stereocenters. The lowest BCUT2D eigenvalue weighted by Gasteiger charge is -2.07. The third kappa shape index (κ3) is 1.64. The molecule has 1 saturated carbocycles. The van der Waals surface area contributed by atoms with Gasteiger partial charge in [0.1, 0.15) is 11.4 Å². The first-order chi connectivity index (χ1) is 6.85. The zero-order chi connectivity index (χ0) is 9.97. The average Bonchev–Trinajstić information content (AvgIpc) is 3.01. The van der Waals surface area contributed by atoms with Crippen LogP contribution in [0.2, 0.25) is 0 Å². The first kappa shape index (κ1) is 8.87. The van der Waals surface area contributed by atoms with E-state index in [1.807, 2.05) is 0 Å². The minimum absolute atomic E-state index is 0.137. The molecule has 14 heavy (non-hydrogen) atoms. The number of hydrogen-bond donors (Lipinski definition) is 0. The van der Waals surface area contributed by atoms with Crippen LogP contribution in [0.5, 0.6) is 5.75 Å². The molecule has 0 saturated heterocycles. The Kier molecular flexibility index (Phi) is 2.26. The molecule has 0 N–H and O–H groups in total. The van der Waals surface area contributed by atoms with Crippen molar-refractivity contribution in [2.24, 2.45) is 0 Å². The third-order valence-electron chi connectivity index (χ3n) is 2.03. The molecule has 1 aromatic rings. The quantitative estimate of drug-likeness (QED) is 0.672. The Morgan fingerprint density at radius 1 is 1.36 bits per heavy atom. The summed E-state index contributed by atoms with van der Waals surface area (Å²) in [7, 11) is 0. The van der Waals surface area contributed by atoms with Gasteiger partial charge in [-0.2, -0.15) is 0 Å². The van der Waals surface area contributed by atoms with Gasteiger partial charge < -0.3 is 4.74 Å². The zero-order valence-electron chi connectivity index (χ0n) is 7.47. The number of hydrogen-bond acceptors (Lipinski definition) is 4. The molecule has 1 aromatic heterocycles. The normalized spacial score (nSPS) is 14.9. The standard InChI is InChI=1S/C10H9NO3/c12-5-8-9(6-13)11-4-3-10(8)14-7-1-2-7/h3-7H,1-2H2. The molecule has 0 aliphatic heterocycles. The lowest BCUT2D eigenvalue weighted by Crippen LogP contribution is -2.03. The molecule has 4 heteroatoms. The number of aromatic nitrogens is 1. The molecule has 0 amide bonds. The summed E-state index contributed by atoms with van der Waals surface area (Å²) in [5.74, 6) is 0.458. The van der Waals surface area contributed by atoms with E-state index >= 15 is 0 Å². The van der Waals surface area contributed by atoms with Crippen molar-refractivity contribution in [3.8, 4) is 5.75 Å². The molecular formula is C10H9NO3. The van der Waals surface area contributed by atoms with Crippen LogP contribution in [0, 0.1) is 0 Å². The topological polar surface area (TPSA) is 56.3 Å². The van der Waals surface area contributed by atoms with Crippen molar-refractivity contribution >= 4 is 12.6 Å². The van der Waals surface area contributed by atoms with Crippen LogP contribution in [0.3, 0.4) is 0 Å². The molecule has 0 aromatic carbocycles. The Balaban J connectivity index is 2.35. The van der Waals surface area contributed by atoms with Crippen LogP contribution in [0.25, 0.3) is 0 Å². The van der Waals surface area contributed by atoms with Gasteiger partial charge in [0, 0.05) is 6.20 Å². The number of carbonyl (C=O) groups excluding carboxylic acids is 2. The summed E-state index contributed by atoms with van der Waals surface area (Å²) in [5.41, 5.74) is 0.382. The first-order valence-corrected chi connectivity index (χ1v) is 4.41. The molecule has 0 bridgehead atoms. The van der Waals surface area contributed by atoms with Gasteiger partial charge in [-0.3, -0.25) is 14.6 Å². The highest BCUT2D eigenvalue weighted by molar-refractivity contribution is 5.91. The summed E-state index contributed by atoms with van der Waals surface area (Å²) >= 11 is 0. The molecule has 72 valence electrons. The molecule has 4 nitrogen and oxygen atoms in total. The Hall–Kier alpha value is -1.71. The fraction of sp³-hybridized carbons (Fsp3) is 0.300. The van der Waals surface area contributed by atoms with Gasteiger partial charge in [0.15, 0.2) is 12.6 Å². The van der Waals surface area contributed by atoms with Crippen molar-refractivity contribution in [3.05, 3.63) is 23.5 Å². The highest BCUT2D eigenvalue weighted by Crippen LogP contribution is 2.28. The molecule has 0 spiro atoms. The van der Waals surface area contributed by atoms with Gasteiger partial charge in [-0.25, -0.2) is 0 Å². The zero-order valence-corrected chi connectivity index (χ0v) is 7.47. The second kappa shape index (κ2) is 3.57. The van der Waals surface area contributed by atoms with E-state index in [4.69, 9.17) is 4.74 Å². The number of carbonyl (C=O) groups is 2. The Bertz CT molecular complexity index is 372. The van der Waals surface area contributed by atoms with Crippen molar-refractivity contribution in [2.45, 2.75) is 18.9 Å². The van der Waals surface area contributed by atoms with Crippen molar-refractivity contribution in [1.82, 2.24) is 4.98 Å². The van der Waals surface area contributed by atoms with E-state index in [2.05, 4.69) is 4.98 Å². The number of aldehydes is 2. The van der Waals surface area contributed by atoms with Gasteiger partial charge >= 0.3 is 0 Å². The Morgan fingerprint density at radius 3 is 2.71 bits per heavy atom. The smallest absolute Gasteiger partial charge is 0.169 e. The minimum atomic E-state index is 0.137. The van der Waals surface area contributed by atoms with Crippen molar-refractivity contribution < 1.29 is 14.3 Å². The van der Waals surface area contributed by atoms with Crippen LogP contribution in [-0.4, -0.2) is 23.7 Å². The highest BCUT2D eigenvalue weighted by atomic mass is 16.5. The predicted molar refractivity (Wildman–Crippen MR) is 48.7 cm³/mol. The van der Waals surface area contributed by atoms with E-state index in [9.17, 15) is 9.59 Å². The summed E-state index contributed by atoms with van der Waals surface area (Å²) in [5, 5.41) is 0. The van der Waals surface area contributed by atoms with Crippen LogP contribution < -0.4 is 4.74 Å². The van der Waals surface area contributed by atoms with Gasteiger partial charge in [0.2, 0.25) is 0 Å². The Labute approximate surface area is 80.9 Å². The lowest BCUT2D eigenvalue weighted by molar-refractivity contribution is 0.108. The average molecular weight is 191 g/mol. The largest absolute Gasteiger partial charge is 0.490 e. The molecule has 1 heterocycles. The molecule has 1 fully saturated rings. The third-order valence-corrected chi connectivity index (χ3v) is 2.03. The van der Waals surface area contributed by atoms with E-state index in [1.54, 1.807) is 6.07 Å². The summed E-state index contributed by atoms with van der Waals surface area (Å²) in [6, 6.07) is 1.61. The van der Waals surface area contributed by atoms with Crippen molar-refractivity contribution in [2.75, 3.05) is 0 Å². The van der Waals surface area contributed by atoms with Crippen LogP contribution in [0.1, 0.15) is 33.7 Å². The SMILES string of the molecule is O=Cc1nccc(OC2CC2)c1C=O. The predicted octanol–water partition coefficient (Wildman–Crippen LogP) is 1.25. The molecular weight excluding hydrogens is 182 g/mol. The van der Waals surface area contributed by atoms with Crippen LogP contribution in [0.15, 0.2) is 12.3 Å². The summed E-state index contributed by atoms with van der Waals surface area (Å²) in [6.45, 7) is 0. The monoisotopic (exact) mass is 191 g/mol. The van der Waals surface area contributed by atoms with E-state index < -0.39 is 0 Å². The number of pyridine rings is 1. The van der Waals surface area contributed by atoms with Crippen LogP contribution in [-0.2, 0) is 0 Å². The fourth-order valence-electron chi connectivity index (χ4n) is 1.15. The number of nitrogens with zero attached hydrogens (tertiary/aromatic N) is 1. The maximum absolute atomic E-state index is 10.7.